The van der Waals surface area contributed by atoms with Gasteiger partial charge in [-0.05, 0) is 24.6 Å². The van der Waals surface area contributed by atoms with Crippen LogP contribution >= 0.6 is 0 Å². The highest BCUT2D eigenvalue weighted by atomic mass is 16.5. The highest BCUT2D eigenvalue weighted by Crippen LogP contribution is 2.29. The van der Waals surface area contributed by atoms with Crippen molar-refractivity contribution in [1.82, 2.24) is 0 Å². The van der Waals surface area contributed by atoms with Gasteiger partial charge in [0.25, 0.3) is 0 Å². The zero-order valence-corrected chi connectivity index (χ0v) is 11.9. The van der Waals surface area contributed by atoms with Gasteiger partial charge >= 0.3 is 0 Å². The number of methoxy groups -OCH3 is 1. The summed E-state index contributed by atoms with van der Waals surface area (Å²) in [5, 5.41) is 9.76. The van der Waals surface area contributed by atoms with E-state index in [2.05, 4.69) is 12.1 Å². The second-order valence-corrected chi connectivity index (χ2v) is 4.66. The molecule has 106 valence electrons. The van der Waals surface area contributed by atoms with E-state index in [1.165, 1.54) is 5.56 Å². The maximum atomic E-state index is 9.76. The first-order valence-corrected chi connectivity index (χ1v) is 6.73. The molecule has 0 heterocycles. The second kappa shape index (κ2) is 6.96. The molecule has 0 saturated carbocycles. The van der Waals surface area contributed by atoms with Crippen molar-refractivity contribution in [2.45, 2.75) is 19.4 Å². The first-order chi connectivity index (χ1) is 9.70. The van der Waals surface area contributed by atoms with Crippen molar-refractivity contribution in [3.63, 3.8) is 0 Å². The van der Waals surface area contributed by atoms with Gasteiger partial charge in [-0.3, -0.25) is 0 Å². The topological polar surface area (TPSA) is 38.7 Å². The predicted molar refractivity (Wildman–Crippen MR) is 79.3 cm³/mol. The van der Waals surface area contributed by atoms with Crippen LogP contribution in [0.15, 0.2) is 48.5 Å². The molecule has 0 spiro atoms. The summed E-state index contributed by atoms with van der Waals surface area (Å²) in [6.45, 7) is 2.29. The van der Waals surface area contributed by atoms with Gasteiger partial charge in [0.2, 0.25) is 0 Å². The summed E-state index contributed by atoms with van der Waals surface area (Å²) in [5.41, 5.74) is 2.01. The van der Waals surface area contributed by atoms with Crippen LogP contribution in [0.1, 0.15) is 24.2 Å². The maximum absolute atomic E-state index is 9.76. The molecule has 1 atom stereocenters. The van der Waals surface area contributed by atoms with Gasteiger partial charge in [-0.1, -0.05) is 30.3 Å². The number of hydrogen-bond acceptors (Lipinski definition) is 3. The van der Waals surface area contributed by atoms with Crippen molar-refractivity contribution < 1.29 is 14.6 Å². The van der Waals surface area contributed by atoms with Crippen LogP contribution in [0.5, 0.6) is 11.5 Å². The Balaban J connectivity index is 2.04. The summed E-state index contributed by atoms with van der Waals surface area (Å²) in [5.74, 6) is 1.40. The molecule has 2 rings (SSSR count). The van der Waals surface area contributed by atoms with E-state index in [9.17, 15) is 5.11 Å². The Labute approximate surface area is 119 Å². The fraction of sp³-hybridized carbons (Fsp3) is 0.294. The Hall–Kier alpha value is -2.00. The van der Waals surface area contributed by atoms with Gasteiger partial charge < -0.3 is 14.6 Å². The summed E-state index contributed by atoms with van der Waals surface area (Å²) in [4.78, 5) is 0. The Kier molecular flexibility index (Phi) is 5.02. The van der Waals surface area contributed by atoms with Crippen LogP contribution < -0.4 is 9.47 Å². The summed E-state index contributed by atoms with van der Waals surface area (Å²) < 4.78 is 11.0. The highest BCUT2D eigenvalue weighted by Gasteiger charge is 2.10. The zero-order valence-electron chi connectivity index (χ0n) is 11.9. The average Bonchev–Trinajstić information content (AvgIpc) is 2.48. The van der Waals surface area contributed by atoms with Gasteiger partial charge in [0.1, 0.15) is 11.5 Å². The number of aliphatic hydroxyl groups excluding tert-OH is 1. The minimum atomic E-state index is -0.562. The summed E-state index contributed by atoms with van der Waals surface area (Å²) >= 11 is 0. The second-order valence-electron chi connectivity index (χ2n) is 4.66. The molecule has 0 fully saturated rings. The van der Waals surface area contributed by atoms with Gasteiger partial charge in [0.15, 0.2) is 0 Å². The molecule has 0 aromatic heterocycles. The molecule has 0 aliphatic carbocycles. The van der Waals surface area contributed by atoms with E-state index < -0.39 is 6.10 Å². The van der Waals surface area contributed by atoms with Crippen LogP contribution in [0.25, 0.3) is 0 Å². The van der Waals surface area contributed by atoms with Crippen LogP contribution in [-0.2, 0) is 6.42 Å². The Morgan fingerprint density at radius 3 is 2.50 bits per heavy atom. The number of benzene rings is 2. The monoisotopic (exact) mass is 272 g/mol. The van der Waals surface area contributed by atoms with E-state index in [1.807, 2.05) is 36.4 Å². The molecule has 3 nitrogen and oxygen atoms in total. The van der Waals surface area contributed by atoms with Crippen molar-refractivity contribution >= 4 is 0 Å². The van der Waals surface area contributed by atoms with E-state index in [0.717, 1.165) is 17.7 Å². The lowest BCUT2D eigenvalue weighted by atomic mass is 10.1. The molecule has 3 heteroatoms. The molecule has 2 aromatic carbocycles. The molecular weight excluding hydrogens is 252 g/mol. The molecule has 0 unspecified atom stereocenters. The number of aliphatic hydroxyl groups is 1. The molecule has 0 bridgehead atoms. The molecule has 20 heavy (non-hydrogen) atoms. The molecule has 0 amide bonds. The first kappa shape index (κ1) is 14.4. The van der Waals surface area contributed by atoms with Crippen molar-refractivity contribution in [2.75, 3.05) is 13.7 Å². The van der Waals surface area contributed by atoms with Crippen LogP contribution in [0, 0.1) is 0 Å². The molecule has 0 radical (unpaired) electrons. The molecular formula is C17H20O3. The number of ether oxygens (including phenoxy) is 2. The van der Waals surface area contributed by atoms with Gasteiger partial charge in [-0.25, -0.2) is 0 Å². The first-order valence-electron chi connectivity index (χ1n) is 6.73. The minimum absolute atomic E-state index is 0.562. The Morgan fingerprint density at radius 1 is 1.10 bits per heavy atom. The molecule has 0 saturated heterocycles. The lowest BCUT2D eigenvalue weighted by molar-refractivity contribution is 0.191. The number of hydrogen-bond donors (Lipinski definition) is 1. The van der Waals surface area contributed by atoms with Gasteiger partial charge in [0, 0.05) is 18.1 Å². The van der Waals surface area contributed by atoms with Crippen molar-refractivity contribution in [3.05, 3.63) is 59.7 Å². The lowest BCUT2D eigenvalue weighted by Crippen LogP contribution is -2.05. The third kappa shape index (κ3) is 3.75. The van der Waals surface area contributed by atoms with Crippen molar-refractivity contribution in [1.29, 1.82) is 0 Å². The van der Waals surface area contributed by atoms with E-state index in [-0.39, 0.29) is 0 Å². The van der Waals surface area contributed by atoms with E-state index in [1.54, 1.807) is 14.0 Å². The van der Waals surface area contributed by atoms with E-state index in [4.69, 9.17) is 9.47 Å². The number of rotatable bonds is 6. The summed E-state index contributed by atoms with van der Waals surface area (Å²) in [6.07, 6.45) is 0.268. The molecule has 0 aliphatic heterocycles. The average molecular weight is 272 g/mol. The SMILES string of the molecule is COc1ccc([C@H](C)O)c(OCCc2ccccc2)c1. The zero-order chi connectivity index (χ0) is 14.4. The van der Waals surface area contributed by atoms with Crippen molar-refractivity contribution in [2.24, 2.45) is 0 Å². The van der Waals surface area contributed by atoms with E-state index in [0.29, 0.717) is 12.4 Å². The van der Waals surface area contributed by atoms with Crippen LogP contribution in [0.2, 0.25) is 0 Å². The third-order valence-corrected chi connectivity index (χ3v) is 3.16. The van der Waals surface area contributed by atoms with Gasteiger partial charge in [0.05, 0.1) is 19.8 Å². The van der Waals surface area contributed by atoms with Crippen LogP contribution in [0.3, 0.4) is 0 Å². The fourth-order valence-corrected chi connectivity index (χ4v) is 2.04. The lowest BCUT2D eigenvalue weighted by Gasteiger charge is -2.14. The maximum Gasteiger partial charge on any atom is 0.128 e. The standard InChI is InChI=1S/C17H20O3/c1-13(18)16-9-8-15(19-2)12-17(16)20-11-10-14-6-4-3-5-7-14/h3-9,12-13,18H,10-11H2,1-2H3/t13-/m0/s1. The predicted octanol–water partition coefficient (Wildman–Crippen LogP) is 3.37. The van der Waals surface area contributed by atoms with Crippen LogP contribution in [0.4, 0.5) is 0 Å². The minimum Gasteiger partial charge on any atom is -0.497 e. The largest absolute Gasteiger partial charge is 0.497 e. The Morgan fingerprint density at radius 2 is 1.85 bits per heavy atom. The molecule has 1 N–H and O–H groups in total. The quantitative estimate of drug-likeness (QED) is 0.876. The normalized spacial score (nSPS) is 11.9. The Bertz CT molecular complexity index is 535. The van der Waals surface area contributed by atoms with Crippen molar-refractivity contribution in [3.8, 4) is 11.5 Å². The smallest absolute Gasteiger partial charge is 0.128 e. The molecule has 2 aromatic rings. The van der Waals surface area contributed by atoms with Crippen LogP contribution in [-0.4, -0.2) is 18.8 Å². The fourth-order valence-electron chi connectivity index (χ4n) is 2.04. The molecule has 0 aliphatic rings. The summed E-state index contributed by atoms with van der Waals surface area (Å²) in [7, 11) is 1.62. The highest BCUT2D eigenvalue weighted by molar-refractivity contribution is 5.41. The summed E-state index contributed by atoms with van der Waals surface area (Å²) in [6, 6.07) is 15.7. The van der Waals surface area contributed by atoms with Gasteiger partial charge in [-0.15, -0.1) is 0 Å². The van der Waals surface area contributed by atoms with E-state index >= 15 is 0 Å². The van der Waals surface area contributed by atoms with Gasteiger partial charge in [-0.2, -0.15) is 0 Å². The third-order valence-electron chi connectivity index (χ3n) is 3.16.